The third-order valence-electron chi connectivity index (χ3n) is 5.75. The van der Waals surface area contributed by atoms with Crippen LogP contribution in [0.2, 0.25) is 0 Å². The van der Waals surface area contributed by atoms with Crippen LogP contribution >= 0.6 is 0 Å². The largest absolute Gasteiger partial charge is 0.490 e. The third-order valence-corrected chi connectivity index (χ3v) is 5.75. The number of nitrogens with zero attached hydrogens (tertiary/aromatic N) is 1. The normalized spacial score (nSPS) is 25.2. The molecule has 3 atom stereocenters. The highest BCUT2D eigenvalue weighted by Gasteiger charge is 2.41. The Labute approximate surface area is 155 Å². The van der Waals surface area contributed by atoms with Crippen LogP contribution in [-0.2, 0) is 6.54 Å². The maximum absolute atomic E-state index is 11.4. The molecule has 0 saturated carbocycles. The lowest BCUT2D eigenvalue weighted by Gasteiger charge is -2.39. The first-order valence-electron chi connectivity index (χ1n) is 9.46. The Morgan fingerprint density at radius 3 is 2.46 bits per heavy atom. The van der Waals surface area contributed by atoms with Crippen LogP contribution in [0.25, 0.3) is 0 Å². The van der Waals surface area contributed by atoms with Crippen molar-refractivity contribution in [1.82, 2.24) is 4.90 Å². The van der Waals surface area contributed by atoms with E-state index in [0.717, 1.165) is 25.1 Å². The number of carbonyl (C=O) groups is 1. The van der Waals surface area contributed by atoms with Gasteiger partial charge in [-0.3, -0.25) is 9.69 Å². The predicted octanol–water partition coefficient (Wildman–Crippen LogP) is 3.67. The fraction of sp³-hybridized carbons (Fsp3) is 0.409. The van der Waals surface area contributed by atoms with Crippen molar-refractivity contribution in [2.75, 3.05) is 0 Å². The van der Waals surface area contributed by atoms with Crippen LogP contribution in [0.1, 0.15) is 47.2 Å². The summed E-state index contributed by atoms with van der Waals surface area (Å²) in [5.41, 5.74) is 8.57. The summed E-state index contributed by atoms with van der Waals surface area (Å²) in [5, 5.41) is 0. The van der Waals surface area contributed by atoms with E-state index >= 15 is 0 Å². The van der Waals surface area contributed by atoms with Gasteiger partial charge in [-0.05, 0) is 56.4 Å². The molecule has 0 spiro atoms. The topological polar surface area (TPSA) is 55.6 Å². The zero-order chi connectivity index (χ0) is 18.1. The Morgan fingerprint density at radius 2 is 1.81 bits per heavy atom. The number of hydrogen-bond acceptors (Lipinski definition) is 3. The van der Waals surface area contributed by atoms with Gasteiger partial charge in [-0.25, -0.2) is 0 Å². The van der Waals surface area contributed by atoms with E-state index in [2.05, 4.69) is 36.1 Å². The number of piperidine rings is 1. The highest BCUT2D eigenvalue weighted by atomic mass is 16.5. The van der Waals surface area contributed by atoms with E-state index in [0.29, 0.717) is 17.6 Å². The number of aryl methyl sites for hydroxylation is 1. The van der Waals surface area contributed by atoms with Crippen molar-refractivity contribution >= 4 is 5.91 Å². The van der Waals surface area contributed by atoms with Gasteiger partial charge in [0.2, 0.25) is 5.91 Å². The van der Waals surface area contributed by atoms with Crippen molar-refractivity contribution in [3.05, 3.63) is 65.2 Å². The SMILES string of the molecule is Cc1ccc(CN2[C@@H]3CC[C@H]2CC(Oc2cccc(C(N)=O)c2)C3)cc1. The maximum atomic E-state index is 11.4. The summed E-state index contributed by atoms with van der Waals surface area (Å²) in [4.78, 5) is 14.0. The summed E-state index contributed by atoms with van der Waals surface area (Å²) in [6.07, 6.45) is 4.80. The predicted molar refractivity (Wildman–Crippen MR) is 102 cm³/mol. The summed E-state index contributed by atoms with van der Waals surface area (Å²) in [7, 11) is 0. The lowest BCUT2D eigenvalue weighted by atomic mass is 9.98. The molecular formula is C22H26N2O2. The van der Waals surface area contributed by atoms with Gasteiger partial charge in [0.1, 0.15) is 11.9 Å². The van der Waals surface area contributed by atoms with Gasteiger partial charge in [-0.2, -0.15) is 0 Å². The van der Waals surface area contributed by atoms with Crippen LogP contribution in [0.3, 0.4) is 0 Å². The molecule has 4 nitrogen and oxygen atoms in total. The van der Waals surface area contributed by atoms with Crippen LogP contribution < -0.4 is 10.5 Å². The number of fused-ring (bicyclic) bond motifs is 2. The second kappa shape index (κ2) is 7.12. The van der Waals surface area contributed by atoms with E-state index in [-0.39, 0.29) is 6.10 Å². The molecule has 2 aliphatic rings. The Hall–Kier alpha value is -2.33. The van der Waals surface area contributed by atoms with E-state index < -0.39 is 5.91 Å². The molecular weight excluding hydrogens is 324 g/mol. The van der Waals surface area contributed by atoms with Crippen molar-refractivity contribution in [2.45, 2.75) is 57.3 Å². The number of ether oxygens (including phenoxy) is 1. The third kappa shape index (κ3) is 3.61. The van der Waals surface area contributed by atoms with Crippen molar-refractivity contribution in [3.8, 4) is 5.75 Å². The summed E-state index contributed by atoms with van der Waals surface area (Å²) < 4.78 is 6.21. The molecule has 0 radical (unpaired) electrons. The number of hydrogen-bond donors (Lipinski definition) is 1. The van der Waals surface area contributed by atoms with Crippen LogP contribution in [0, 0.1) is 6.92 Å². The van der Waals surface area contributed by atoms with E-state index in [1.54, 1.807) is 12.1 Å². The number of amides is 1. The van der Waals surface area contributed by atoms with Gasteiger partial charge in [-0.1, -0.05) is 35.9 Å². The van der Waals surface area contributed by atoms with Gasteiger partial charge in [0.15, 0.2) is 0 Å². The zero-order valence-corrected chi connectivity index (χ0v) is 15.2. The van der Waals surface area contributed by atoms with E-state index in [1.807, 2.05) is 12.1 Å². The molecule has 1 unspecified atom stereocenters. The molecule has 4 heteroatoms. The van der Waals surface area contributed by atoms with Gasteiger partial charge in [0.25, 0.3) is 0 Å². The number of carbonyl (C=O) groups excluding carboxylic acids is 1. The molecule has 2 fully saturated rings. The highest BCUT2D eigenvalue weighted by Crippen LogP contribution is 2.38. The number of nitrogens with two attached hydrogens (primary N) is 1. The Morgan fingerprint density at radius 1 is 1.12 bits per heavy atom. The quantitative estimate of drug-likeness (QED) is 0.895. The molecule has 2 aromatic rings. The van der Waals surface area contributed by atoms with E-state index in [4.69, 9.17) is 10.5 Å². The first kappa shape index (κ1) is 17.1. The molecule has 4 rings (SSSR count). The molecule has 2 aliphatic heterocycles. The summed E-state index contributed by atoms with van der Waals surface area (Å²) in [6.45, 7) is 3.16. The van der Waals surface area contributed by atoms with Gasteiger partial charge in [-0.15, -0.1) is 0 Å². The number of benzene rings is 2. The molecule has 2 saturated heterocycles. The van der Waals surface area contributed by atoms with Crippen LogP contribution in [0.5, 0.6) is 5.75 Å². The second-order valence-corrected chi connectivity index (χ2v) is 7.65. The lowest BCUT2D eigenvalue weighted by Crippen LogP contribution is -2.45. The first-order valence-corrected chi connectivity index (χ1v) is 9.46. The van der Waals surface area contributed by atoms with Crippen LogP contribution in [-0.4, -0.2) is 29.0 Å². The van der Waals surface area contributed by atoms with Gasteiger partial charge < -0.3 is 10.5 Å². The molecule has 0 aliphatic carbocycles. The lowest BCUT2D eigenvalue weighted by molar-refractivity contribution is 0.0445. The maximum Gasteiger partial charge on any atom is 0.248 e. The minimum atomic E-state index is -0.413. The monoisotopic (exact) mass is 350 g/mol. The molecule has 2 aromatic carbocycles. The molecule has 2 N–H and O–H groups in total. The number of primary amides is 1. The number of rotatable bonds is 5. The Bertz CT molecular complexity index is 773. The van der Waals surface area contributed by atoms with Gasteiger partial charge >= 0.3 is 0 Å². The van der Waals surface area contributed by atoms with Crippen molar-refractivity contribution in [3.63, 3.8) is 0 Å². The minimum absolute atomic E-state index is 0.213. The zero-order valence-electron chi connectivity index (χ0n) is 15.2. The second-order valence-electron chi connectivity index (χ2n) is 7.65. The van der Waals surface area contributed by atoms with Crippen molar-refractivity contribution < 1.29 is 9.53 Å². The molecule has 1 amide bonds. The fourth-order valence-electron chi connectivity index (χ4n) is 4.40. The Kier molecular flexibility index (Phi) is 4.68. The van der Waals surface area contributed by atoms with E-state index in [9.17, 15) is 4.79 Å². The molecule has 2 heterocycles. The standard InChI is InChI=1S/C22H26N2O2/c1-15-5-7-16(8-6-15)14-24-18-9-10-19(24)13-21(12-18)26-20-4-2-3-17(11-20)22(23)25/h2-8,11,18-19,21H,9-10,12-14H2,1H3,(H2,23,25)/t18-,19+,21?. The van der Waals surface area contributed by atoms with Crippen LogP contribution in [0.15, 0.2) is 48.5 Å². The van der Waals surface area contributed by atoms with Gasteiger partial charge in [0, 0.05) is 24.2 Å². The van der Waals surface area contributed by atoms with Crippen molar-refractivity contribution in [1.29, 1.82) is 0 Å². The summed E-state index contributed by atoms with van der Waals surface area (Å²) in [6, 6.07) is 17.3. The molecule has 2 bridgehead atoms. The van der Waals surface area contributed by atoms with Crippen molar-refractivity contribution in [2.24, 2.45) is 5.73 Å². The summed E-state index contributed by atoms with van der Waals surface area (Å²) in [5.74, 6) is 0.334. The van der Waals surface area contributed by atoms with Gasteiger partial charge in [0.05, 0.1) is 0 Å². The molecule has 0 aromatic heterocycles. The Balaban J connectivity index is 1.41. The van der Waals surface area contributed by atoms with E-state index in [1.165, 1.54) is 24.0 Å². The molecule has 136 valence electrons. The smallest absolute Gasteiger partial charge is 0.248 e. The summed E-state index contributed by atoms with van der Waals surface area (Å²) >= 11 is 0. The average Bonchev–Trinajstić information content (AvgIpc) is 2.86. The highest BCUT2D eigenvalue weighted by molar-refractivity contribution is 5.93. The molecule has 26 heavy (non-hydrogen) atoms. The first-order chi connectivity index (χ1) is 12.6. The van der Waals surface area contributed by atoms with Crippen LogP contribution in [0.4, 0.5) is 0 Å². The average molecular weight is 350 g/mol. The minimum Gasteiger partial charge on any atom is -0.490 e. The fourth-order valence-corrected chi connectivity index (χ4v) is 4.40.